The number of esters is 1. The van der Waals surface area contributed by atoms with Gasteiger partial charge >= 0.3 is 12.1 Å². The van der Waals surface area contributed by atoms with Crippen LogP contribution in [0.4, 0.5) is 4.79 Å². The van der Waals surface area contributed by atoms with Crippen molar-refractivity contribution in [2.75, 3.05) is 20.2 Å². The first-order chi connectivity index (χ1) is 15.0. The van der Waals surface area contributed by atoms with E-state index in [-0.39, 0.29) is 35.9 Å². The van der Waals surface area contributed by atoms with Crippen LogP contribution in [0.2, 0.25) is 0 Å². The summed E-state index contributed by atoms with van der Waals surface area (Å²) in [7, 11) is 1.30. The Morgan fingerprint density at radius 2 is 1.81 bits per heavy atom. The molecule has 2 saturated heterocycles. The van der Waals surface area contributed by atoms with E-state index in [1.54, 1.807) is 4.90 Å². The molecule has 0 N–H and O–H groups in total. The molecule has 0 radical (unpaired) electrons. The molecule has 8 nitrogen and oxygen atoms in total. The zero-order valence-corrected chi connectivity index (χ0v) is 17.6. The Morgan fingerprint density at radius 3 is 2.42 bits per heavy atom. The summed E-state index contributed by atoms with van der Waals surface area (Å²) in [5.74, 6) is -0.679. The molecular formula is C23H25N3O5. The number of likely N-dealkylation sites (tertiary alicyclic amines) is 1. The zero-order valence-electron chi connectivity index (χ0n) is 17.6. The molecule has 0 bridgehead atoms. The largest absolute Gasteiger partial charge is 0.465 e. The smallest absolute Gasteiger partial charge is 0.411 e. The fraction of sp³-hybridized carbons (Fsp3) is 0.391. The van der Waals surface area contributed by atoms with E-state index in [1.165, 1.54) is 25.4 Å². The fourth-order valence-electron chi connectivity index (χ4n) is 4.32. The molecule has 1 aromatic heterocycles. The Labute approximate surface area is 180 Å². The highest BCUT2D eigenvalue weighted by molar-refractivity contribution is 5.94. The monoisotopic (exact) mass is 423 g/mol. The first-order valence-corrected chi connectivity index (χ1v) is 10.4. The van der Waals surface area contributed by atoms with E-state index in [0.717, 1.165) is 5.56 Å². The molecular weight excluding hydrogens is 398 g/mol. The minimum Gasteiger partial charge on any atom is -0.465 e. The van der Waals surface area contributed by atoms with Crippen molar-refractivity contribution in [2.45, 2.75) is 38.0 Å². The molecule has 2 atom stereocenters. The van der Waals surface area contributed by atoms with E-state index in [2.05, 4.69) is 9.72 Å². The maximum atomic E-state index is 12.8. The van der Waals surface area contributed by atoms with Gasteiger partial charge in [0.1, 0.15) is 11.8 Å². The van der Waals surface area contributed by atoms with Crippen LogP contribution < -0.4 is 0 Å². The van der Waals surface area contributed by atoms with Gasteiger partial charge in [-0.2, -0.15) is 0 Å². The number of benzene rings is 1. The van der Waals surface area contributed by atoms with Gasteiger partial charge in [0.2, 0.25) is 0 Å². The van der Waals surface area contributed by atoms with Gasteiger partial charge in [-0.25, -0.2) is 9.59 Å². The van der Waals surface area contributed by atoms with Crippen molar-refractivity contribution in [3.05, 3.63) is 65.5 Å². The molecule has 8 heteroatoms. The number of nitrogens with zero attached hydrogens (tertiary/aromatic N) is 3. The predicted molar refractivity (Wildman–Crippen MR) is 111 cm³/mol. The fourth-order valence-corrected chi connectivity index (χ4v) is 4.32. The highest BCUT2D eigenvalue weighted by Gasteiger charge is 2.44. The molecule has 3 heterocycles. The van der Waals surface area contributed by atoms with Crippen molar-refractivity contribution in [2.24, 2.45) is 0 Å². The summed E-state index contributed by atoms with van der Waals surface area (Å²) < 4.78 is 10.3. The number of ether oxygens (including phenoxy) is 2. The number of pyridine rings is 1. The number of amides is 2. The molecule has 2 fully saturated rings. The topological polar surface area (TPSA) is 89.0 Å². The Morgan fingerprint density at radius 1 is 1.10 bits per heavy atom. The van der Waals surface area contributed by atoms with Gasteiger partial charge in [-0.15, -0.1) is 0 Å². The summed E-state index contributed by atoms with van der Waals surface area (Å²) in [5, 5.41) is 0. The normalized spacial score (nSPS) is 21.7. The van der Waals surface area contributed by atoms with Gasteiger partial charge in [0.15, 0.2) is 0 Å². The molecule has 2 aliphatic heterocycles. The first-order valence-electron chi connectivity index (χ1n) is 10.4. The lowest BCUT2D eigenvalue weighted by Crippen LogP contribution is -2.49. The first kappa shape index (κ1) is 20.8. The summed E-state index contributed by atoms with van der Waals surface area (Å²) in [4.78, 5) is 44.6. The minimum atomic E-state index is -0.493. The molecule has 162 valence electrons. The van der Waals surface area contributed by atoms with E-state index in [9.17, 15) is 14.4 Å². The lowest BCUT2D eigenvalue weighted by molar-refractivity contribution is 0.0594. The molecule has 2 amide bonds. The van der Waals surface area contributed by atoms with Gasteiger partial charge < -0.3 is 14.4 Å². The molecule has 2 aromatic rings. The van der Waals surface area contributed by atoms with E-state index in [4.69, 9.17) is 4.74 Å². The van der Waals surface area contributed by atoms with Gasteiger partial charge in [0.05, 0.1) is 18.7 Å². The lowest BCUT2D eigenvalue weighted by atomic mass is 9.98. The van der Waals surface area contributed by atoms with Crippen LogP contribution in [0.1, 0.15) is 52.3 Å². The second-order valence-electron chi connectivity index (χ2n) is 7.81. The minimum absolute atomic E-state index is 0.0231. The molecule has 0 unspecified atom stereocenters. The zero-order chi connectivity index (χ0) is 22.0. The van der Waals surface area contributed by atoms with Crippen molar-refractivity contribution < 1.29 is 23.9 Å². The summed E-state index contributed by atoms with van der Waals surface area (Å²) in [5.41, 5.74) is 1.57. The third-order valence-corrected chi connectivity index (χ3v) is 5.99. The maximum Gasteiger partial charge on any atom is 0.411 e. The van der Waals surface area contributed by atoms with Crippen molar-refractivity contribution in [3.63, 3.8) is 0 Å². The summed E-state index contributed by atoms with van der Waals surface area (Å²) in [6, 6.07) is 12.8. The number of rotatable bonds is 4. The highest BCUT2D eigenvalue weighted by Crippen LogP contribution is 2.35. The third kappa shape index (κ3) is 4.10. The number of carbonyl (C=O) groups excluding carboxylic acids is 3. The van der Waals surface area contributed by atoms with Crippen molar-refractivity contribution >= 4 is 18.0 Å². The van der Waals surface area contributed by atoms with Gasteiger partial charge in [0, 0.05) is 25.3 Å². The number of methoxy groups -OCH3 is 1. The standard InChI is InChI=1S/C23H25N3O5/c1-15-20(16-6-4-3-5-7-16)31-23(29)26(15)18-10-12-25(13-11-18)21(27)19-9-8-17(14-24-19)22(28)30-2/h3-9,14-15,18,20H,10-13H2,1-2H3/t15-,20-/m1/s1. The number of piperidine rings is 1. The molecule has 31 heavy (non-hydrogen) atoms. The third-order valence-electron chi connectivity index (χ3n) is 5.99. The summed E-state index contributed by atoms with van der Waals surface area (Å²) in [6.45, 7) is 3.06. The van der Waals surface area contributed by atoms with Crippen molar-refractivity contribution in [3.8, 4) is 0 Å². The number of hydrogen-bond acceptors (Lipinski definition) is 6. The van der Waals surface area contributed by atoms with Crippen molar-refractivity contribution in [1.29, 1.82) is 0 Å². The molecule has 0 spiro atoms. The molecule has 0 aliphatic carbocycles. The Bertz CT molecular complexity index is 955. The van der Waals surface area contributed by atoms with Crippen LogP contribution in [0.25, 0.3) is 0 Å². The summed E-state index contributed by atoms with van der Waals surface area (Å²) in [6.07, 6.45) is 2.11. The van der Waals surface area contributed by atoms with Crippen LogP contribution in [0.3, 0.4) is 0 Å². The average Bonchev–Trinajstić information content (AvgIpc) is 3.12. The Hall–Kier alpha value is -3.42. The van der Waals surface area contributed by atoms with Gasteiger partial charge in [-0.1, -0.05) is 30.3 Å². The Balaban J connectivity index is 1.37. The van der Waals surface area contributed by atoms with Crippen LogP contribution >= 0.6 is 0 Å². The summed E-state index contributed by atoms with van der Waals surface area (Å²) >= 11 is 0. The molecule has 0 saturated carbocycles. The lowest BCUT2D eigenvalue weighted by Gasteiger charge is -2.37. The highest BCUT2D eigenvalue weighted by atomic mass is 16.6. The van der Waals surface area contributed by atoms with E-state index < -0.39 is 5.97 Å². The molecule has 1 aromatic carbocycles. The van der Waals surface area contributed by atoms with Crippen LogP contribution in [0, 0.1) is 0 Å². The second kappa shape index (κ2) is 8.75. The van der Waals surface area contributed by atoms with Gasteiger partial charge in [-0.05, 0) is 37.5 Å². The Kier molecular flexibility index (Phi) is 5.88. The molecule has 4 rings (SSSR count). The number of hydrogen-bond donors (Lipinski definition) is 0. The number of aromatic nitrogens is 1. The maximum absolute atomic E-state index is 12.8. The van der Waals surface area contributed by atoms with E-state index in [0.29, 0.717) is 31.5 Å². The van der Waals surface area contributed by atoms with Crippen LogP contribution in [0.15, 0.2) is 48.7 Å². The van der Waals surface area contributed by atoms with E-state index >= 15 is 0 Å². The average molecular weight is 423 g/mol. The van der Waals surface area contributed by atoms with Crippen LogP contribution in [-0.4, -0.2) is 65.0 Å². The quantitative estimate of drug-likeness (QED) is 0.703. The second-order valence-corrected chi connectivity index (χ2v) is 7.81. The number of carbonyl (C=O) groups is 3. The van der Waals surface area contributed by atoms with Gasteiger partial charge in [-0.3, -0.25) is 14.7 Å². The van der Waals surface area contributed by atoms with Gasteiger partial charge in [0.25, 0.3) is 5.91 Å². The van der Waals surface area contributed by atoms with E-state index in [1.807, 2.05) is 42.2 Å². The molecule has 2 aliphatic rings. The predicted octanol–water partition coefficient (Wildman–Crippen LogP) is 3.05. The SMILES string of the molecule is COC(=O)c1ccc(C(=O)N2CCC(N3C(=O)O[C@@H](c4ccccc4)[C@H]3C)CC2)nc1. The number of cyclic esters (lactones) is 1. The van der Waals surface area contributed by atoms with Crippen LogP contribution in [0.5, 0.6) is 0 Å². The van der Waals surface area contributed by atoms with Crippen molar-refractivity contribution in [1.82, 2.24) is 14.8 Å². The van der Waals surface area contributed by atoms with Crippen LogP contribution in [-0.2, 0) is 9.47 Å².